The Morgan fingerprint density at radius 1 is 0.833 bits per heavy atom. The molecule has 0 radical (unpaired) electrons. The first-order valence-electron chi connectivity index (χ1n) is 7.49. The van der Waals surface area contributed by atoms with Gasteiger partial charge < -0.3 is 12.4 Å². The number of nitrogens with one attached hydrogen (secondary N) is 2. The second-order valence-corrected chi connectivity index (χ2v) is 5.80. The van der Waals surface area contributed by atoms with E-state index in [-0.39, 0.29) is 12.4 Å². The minimum Gasteiger partial charge on any atom is -1.00 e. The van der Waals surface area contributed by atoms with Gasteiger partial charge >= 0.3 is 0 Å². The predicted molar refractivity (Wildman–Crippen MR) is 97.4 cm³/mol. The summed E-state index contributed by atoms with van der Waals surface area (Å²) in [4.78, 5) is 3.45. The molecule has 4 heteroatoms. The topological polar surface area (TPSA) is 26.0 Å². The Morgan fingerprint density at radius 2 is 1.46 bits per heavy atom. The second-order valence-electron chi connectivity index (χ2n) is 5.36. The largest absolute Gasteiger partial charge is 1.00 e. The van der Waals surface area contributed by atoms with Gasteiger partial charge in [0.05, 0.1) is 5.56 Å². The van der Waals surface area contributed by atoms with Crippen LogP contribution >= 0.6 is 11.6 Å². The summed E-state index contributed by atoms with van der Waals surface area (Å²) in [5.41, 5.74) is 4.33. The minimum atomic E-state index is 0. The molecule has 3 aromatic rings. The summed E-state index contributed by atoms with van der Waals surface area (Å²) in [5, 5.41) is 4.17. The fourth-order valence-corrected chi connectivity index (χ4v) is 2.37. The highest BCUT2D eigenvalue weighted by Crippen LogP contribution is 2.12. The van der Waals surface area contributed by atoms with Crippen LogP contribution in [-0.4, -0.2) is 5.84 Å². The first kappa shape index (κ1) is 18.1. The average molecular weight is 357 g/mol. The van der Waals surface area contributed by atoms with Crippen molar-refractivity contribution in [2.75, 3.05) is 5.32 Å². The highest BCUT2D eigenvalue weighted by Gasteiger charge is 2.11. The maximum absolute atomic E-state index is 6.00. The Labute approximate surface area is 153 Å². The van der Waals surface area contributed by atoms with E-state index >= 15 is 0 Å². The SMILES string of the molecule is Cc1ccc([NH+]=C(Nc2ccccc2)c2ccc(Cl)cc2)cc1.[Cl-]. The zero-order valence-electron chi connectivity index (χ0n) is 13.3. The van der Waals surface area contributed by atoms with Crippen molar-refractivity contribution in [1.29, 1.82) is 0 Å². The summed E-state index contributed by atoms with van der Waals surface area (Å²) in [6.45, 7) is 2.08. The molecule has 2 nitrogen and oxygen atoms in total. The molecule has 122 valence electrons. The molecule has 3 aromatic carbocycles. The van der Waals surface area contributed by atoms with Gasteiger partial charge in [0.25, 0.3) is 5.84 Å². The van der Waals surface area contributed by atoms with Gasteiger partial charge in [0.15, 0.2) is 0 Å². The number of hydrogen-bond donors (Lipinski definition) is 2. The van der Waals surface area contributed by atoms with Crippen molar-refractivity contribution in [1.82, 2.24) is 0 Å². The zero-order valence-corrected chi connectivity index (χ0v) is 14.8. The van der Waals surface area contributed by atoms with E-state index in [0.29, 0.717) is 0 Å². The van der Waals surface area contributed by atoms with Crippen LogP contribution in [0, 0.1) is 6.92 Å². The van der Waals surface area contributed by atoms with Crippen molar-refractivity contribution in [2.45, 2.75) is 6.92 Å². The van der Waals surface area contributed by atoms with Crippen LogP contribution in [0.4, 0.5) is 11.4 Å². The molecule has 0 unspecified atom stereocenters. The number of benzene rings is 3. The molecule has 0 saturated carbocycles. The molecule has 0 atom stereocenters. The fourth-order valence-electron chi connectivity index (χ4n) is 2.24. The fraction of sp³-hybridized carbons (Fsp3) is 0.0500. The average Bonchev–Trinajstić information content (AvgIpc) is 2.58. The van der Waals surface area contributed by atoms with E-state index in [9.17, 15) is 0 Å². The van der Waals surface area contributed by atoms with Crippen molar-refractivity contribution in [3.8, 4) is 0 Å². The van der Waals surface area contributed by atoms with Crippen LogP contribution in [-0.2, 0) is 0 Å². The van der Waals surface area contributed by atoms with E-state index in [0.717, 1.165) is 27.8 Å². The molecule has 0 aliphatic heterocycles. The molecule has 3 rings (SSSR count). The highest BCUT2D eigenvalue weighted by atomic mass is 35.5. The summed E-state index contributed by atoms with van der Waals surface area (Å²) in [6, 6.07) is 26.2. The van der Waals surface area contributed by atoms with E-state index in [4.69, 9.17) is 11.6 Å². The lowest BCUT2D eigenvalue weighted by atomic mass is 10.2. The van der Waals surface area contributed by atoms with Crippen molar-refractivity contribution in [2.24, 2.45) is 0 Å². The third kappa shape index (κ3) is 4.85. The number of anilines is 1. The lowest BCUT2D eigenvalue weighted by molar-refractivity contribution is -0.352. The number of aryl methyl sites for hydroxylation is 1. The van der Waals surface area contributed by atoms with Crippen LogP contribution in [0.5, 0.6) is 0 Å². The Morgan fingerprint density at radius 3 is 2.08 bits per heavy atom. The summed E-state index contributed by atoms with van der Waals surface area (Å²) in [7, 11) is 0. The van der Waals surface area contributed by atoms with Crippen LogP contribution in [0.15, 0.2) is 78.9 Å². The monoisotopic (exact) mass is 356 g/mol. The van der Waals surface area contributed by atoms with E-state index in [1.165, 1.54) is 5.56 Å². The summed E-state index contributed by atoms with van der Waals surface area (Å²) in [6.07, 6.45) is 0. The third-order valence-corrected chi connectivity index (χ3v) is 3.75. The molecule has 0 fully saturated rings. The summed E-state index contributed by atoms with van der Waals surface area (Å²) in [5.74, 6) is 0.914. The van der Waals surface area contributed by atoms with Crippen LogP contribution in [0.2, 0.25) is 5.02 Å². The third-order valence-electron chi connectivity index (χ3n) is 3.50. The van der Waals surface area contributed by atoms with Crippen molar-refractivity contribution < 1.29 is 17.4 Å². The minimum absolute atomic E-state index is 0. The van der Waals surface area contributed by atoms with Gasteiger partial charge in [-0.1, -0.05) is 47.5 Å². The zero-order chi connectivity index (χ0) is 16.1. The van der Waals surface area contributed by atoms with Crippen molar-refractivity contribution >= 4 is 28.8 Å². The molecule has 0 aromatic heterocycles. The first-order chi connectivity index (χ1) is 11.2. The number of rotatable bonds is 3. The number of para-hydroxylation sites is 1. The molecule has 0 amide bonds. The van der Waals surface area contributed by atoms with Crippen LogP contribution in [0.25, 0.3) is 0 Å². The summed E-state index contributed by atoms with van der Waals surface area (Å²) >= 11 is 6.00. The van der Waals surface area contributed by atoms with E-state index in [2.05, 4.69) is 41.5 Å². The van der Waals surface area contributed by atoms with Crippen molar-refractivity contribution in [3.05, 3.63) is 95.0 Å². The van der Waals surface area contributed by atoms with E-state index < -0.39 is 0 Å². The van der Waals surface area contributed by atoms with Crippen LogP contribution in [0.3, 0.4) is 0 Å². The van der Waals surface area contributed by atoms with Gasteiger partial charge in [-0.25, -0.2) is 10.3 Å². The molecule has 24 heavy (non-hydrogen) atoms. The van der Waals surface area contributed by atoms with Gasteiger partial charge in [-0.05, 0) is 55.5 Å². The van der Waals surface area contributed by atoms with Gasteiger partial charge in [-0.3, -0.25) is 0 Å². The quantitative estimate of drug-likeness (QED) is 0.529. The Hall–Kier alpha value is -2.29. The molecule has 2 N–H and O–H groups in total. The maximum atomic E-state index is 6.00. The van der Waals surface area contributed by atoms with E-state index in [1.54, 1.807) is 0 Å². The molecule has 0 heterocycles. The smallest absolute Gasteiger partial charge is 0.285 e. The van der Waals surface area contributed by atoms with Gasteiger partial charge in [0, 0.05) is 5.02 Å². The Balaban J connectivity index is 0.00000208. The van der Waals surface area contributed by atoms with Gasteiger partial charge in [0.2, 0.25) is 0 Å². The highest BCUT2D eigenvalue weighted by molar-refractivity contribution is 6.30. The normalized spacial score (nSPS) is 10.8. The maximum Gasteiger partial charge on any atom is 0.285 e. The molecule has 0 aliphatic rings. The molecular weight excluding hydrogens is 339 g/mol. The molecular formula is C20H18Cl2N2. The molecule has 0 spiro atoms. The van der Waals surface area contributed by atoms with Crippen molar-refractivity contribution in [3.63, 3.8) is 0 Å². The van der Waals surface area contributed by atoms with Crippen LogP contribution < -0.4 is 22.7 Å². The van der Waals surface area contributed by atoms with E-state index in [1.807, 2.05) is 54.6 Å². The number of halogens is 2. The van der Waals surface area contributed by atoms with Gasteiger partial charge in [-0.15, -0.1) is 0 Å². The molecule has 0 aliphatic carbocycles. The van der Waals surface area contributed by atoms with Gasteiger partial charge in [0.1, 0.15) is 11.4 Å². The Bertz CT molecular complexity index is 795. The molecule has 0 saturated heterocycles. The first-order valence-corrected chi connectivity index (χ1v) is 7.87. The lowest BCUT2D eigenvalue weighted by Gasteiger charge is -2.04. The number of hydrogen-bond acceptors (Lipinski definition) is 0. The predicted octanol–water partition coefficient (Wildman–Crippen LogP) is 0.923. The molecule has 0 bridgehead atoms. The summed E-state index contributed by atoms with van der Waals surface area (Å²) < 4.78 is 0. The number of amidine groups is 1. The standard InChI is InChI=1S/C20H17ClN2.ClH/c1-15-7-13-19(14-8-15)23-20(16-9-11-17(21)12-10-16)22-18-5-3-2-4-6-18;/h2-14H,1H3,(H,22,23);1H. The Kier molecular flexibility index (Phi) is 6.42. The lowest BCUT2D eigenvalue weighted by Crippen LogP contribution is -3.00. The van der Waals surface area contributed by atoms with Gasteiger partial charge in [-0.2, -0.15) is 0 Å². The van der Waals surface area contributed by atoms with Crippen LogP contribution in [0.1, 0.15) is 11.1 Å². The second kappa shape index (κ2) is 8.53.